The lowest BCUT2D eigenvalue weighted by Crippen LogP contribution is -2.24. The Bertz CT molecular complexity index is 427. The molecule has 18 heavy (non-hydrogen) atoms. The number of hydrogen-bond donors (Lipinski definition) is 0. The molecule has 0 spiro atoms. The van der Waals surface area contributed by atoms with Crippen LogP contribution in [-0.4, -0.2) is 48.3 Å². The first-order valence-electron chi connectivity index (χ1n) is 6.00. The van der Waals surface area contributed by atoms with Gasteiger partial charge in [-0.1, -0.05) is 23.7 Å². The van der Waals surface area contributed by atoms with Crippen molar-refractivity contribution < 1.29 is 4.79 Å². The van der Waals surface area contributed by atoms with E-state index in [1.165, 1.54) is 0 Å². The Hall–Kier alpha value is -0.710. The third-order valence-electron chi connectivity index (χ3n) is 2.91. The van der Waals surface area contributed by atoms with E-state index in [0.717, 1.165) is 35.3 Å². The molecule has 5 heteroatoms. The van der Waals surface area contributed by atoms with Crippen molar-refractivity contribution in [3.63, 3.8) is 0 Å². The first-order valence-corrected chi connectivity index (χ1v) is 7.37. The highest BCUT2D eigenvalue weighted by Gasteiger charge is 2.23. The van der Waals surface area contributed by atoms with Gasteiger partial charge in [0.2, 0.25) is 5.91 Å². The fourth-order valence-corrected chi connectivity index (χ4v) is 3.10. The SMILES string of the molecule is CN1CN(CCCSc2ccccc2Cl)CC1=O. The molecule has 1 aliphatic rings. The topological polar surface area (TPSA) is 23.6 Å². The second kappa shape index (κ2) is 6.45. The normalized spacial score (nSPS) is 16.6. The Morgan fingerprint density at radius 3 is 2.83 bits per heavy atom. The quantitative estimate of drug-likeness (QED) is 0.613. The monoisotopic (exact) mass is 284 g/mol. The van der Waals surface area contributed by atoms with Crippen LogP contribution >= 0.6 is 23.4 Å². The Morgan fingerprint density at radius 1 is 1.39 bits per heavy atom. The molecule has 0 bridgehead atoms. The Balaban J connectivity index is 1.68. The van der Waals surface area contributed by atoms with Crippen LogP contribution in [0.15, 0.2) is 29.2 Å². The van der Waals surface area contributed by atoms with E-state index in [9.17, 15) is 4.79 Å². The molecule has 0 N–H and O–H groups in total. The second-order valence-corrected chi connectivity index (χ2v) is 5.96. The lowest BCUT2D eigenvalue weighted by atomic mass is 10.4. The predicted molar refractivity (Wildman–Crippen MR) is 76.0 cm³/mol. The smallest absolute Gasteiger partial charge is 0.237 e. The molecule has 1 aliphatic heterocycles. The standard InChI is InChI=1S/C13H17ClN2OS/c1-15-10-16(9-13(15)17)7-4-8-18-12-6-3-2-5-11(12)14/h2-3,5-6H,4,7-10H2,1H3. The van der Waals surface area contributed by atoms with Gasteiger partial charge in [0.05, 0.1) is 18.2 Å². The van der Waals surface area contributed by atoms with Gasteiger partial charge in [0.1, 0.15) is 0 Å². The fourth-order valence-electron chi connectivity index (χ4n) is 1.92. The summed E-state index contributed by atoms with van der Waals surface area (Å²) < 4.78 is 0. The number of benzene rings is 1. The molecule has 1 heterocycles. The summed E-state index contributed by atoms with van der Waals surface area (Å²) in [5, 5.41) is 0.818. The van der Waals surface area contributed by atoms with E-state index in [4.69, 9.17) is 11.6 Å². The first-order chi connectivity index (χ1) is 8.66. The minimum Gasteiger partial charge on any atom is -0.332 e. The van der Waals surface area contributed by atoms with Gasteiger partial charge in [-0.2, -0.15) is 0 Å². The molecule has 2 rings (SSSR count). The van der Waals surface area contributed by atoms with E-state index in [0.29, 0.717) is 6.54 Å². The lowest BCUT2D eigenvalue weighted by molar-refractivity contribution is -0.125. The fraction of sp³-hybridized carbons (Fsp3) is 0.462. The van der Waals surface area contributed by atoms with Crippen molar-refractivity contribution in [3.05, 3.63) is 29.3 Å². The summed E-state index contributed by atoms with van der Waals surface area (Å²) in [6.07, 6.45) is 1.07. The van der Waals surface area contributed by atoms with Crippen LogP contribution in [0.4, 0.5) is 0 Å². The number of rotatable bonds is 5. The zero-order chi connectivity index (χ0) is 13.0. The third-order valence-corrected chi connectivity index (χ3v) is 4.51. The molecular formula is C13H17ClN2OS. The summed E-state index contributed by atoms with van der Waals surface area (Å²) in [7, 11) is 1.85. The van der Waals surface area contributed by atoms with E-state index in [1.54, 1.807) is 16.7 Å². The average molecular weight is 285 g/mol. The molecule has 0 aromatic heterocycles. The molecule has 1 amide bonds. The molecule has 1 aromatic carbocycles. The molecule has 1 aromatic rings. The minimum absolute atomic E-state index is 0.216. The van der Waals surface area contributed by atoms with Crippen LogP contribution in [0, 0.1) is 0 Å². The van der Waals surface area contributed by atoms with E-state index < -0.39 is 0 Å². The summed E-state index contributed by atoms with van der Waals surface area (Å²) in [4.78, 5) is 16.4. The van der Waals surface area contributed by atoms with Crippen LogP contribution in [0.5, 0.6) is 0 Å². The van der Waals surface area contributed by atoms with Crippen LogP contribution in [0.3, 0.4) is 0 Å². The van der Waals surface area contributed by atoms with Gasteiger partial charge >= 0.3 is 0 Å². The average Bonchev–Trinajstić information content (AvgIpc) is 2.66. The largest absolute Gasteiger partial charge is 0.332 e. The van der Waals surface area contributed by atoms with Crippen molar-refractivity contribution in [2.45, 2.75) is 11.3 Å². The highest BCUT2D eigenvalue weighted by molar-refractivity contribution is 7.99. The Labute approximate surface area is 117 Å². The molecule has 0 radical (unpaired) electrons. The number of carbonyl (C=O) groups excluding carboxylic acids is 1. The molecular weight excluding hydrogens is 268 g/mol. The summed E-state index contributed by atoms with van der Waals surface area (Å²) in [6, 6.07) is 7.90. The molecule has 0 atom stereocenters. The number of likely N-dealkylation sites (N-methyl/N-ethyl adjacent to an activating group) is 1. The third kappa shape index (κ3) is 3.64. The number of halogens is 1. The van der Waals surface area contributed by atoms with Crippen LogP contribution in [0.25, 0.3) is 0 Å². The predicted octanol–water partition coefficient (Wildman–Crippen LogP) is 2.55. The van der Waals surface area contributed by atoms with Crippen molar-refractivity contribution in [1.29, 1.82) is 0 Å². The Morgan fingerprint density at radius 2 is 2.17 bits per heavy atom. The van der Waals surface area contributed by atoms with Gasteiger partial charge in [-0.25, -0.2) is 0 Å². The first kappa shape index (κ1) is 13.7. The molecule has 0 aliphatic carbocycles. The molecule has 1 fully saturated rings. The van der Waals surface area contributed by atoms with Crippen molar-refractivity contribution >= 4 is 29.3 Å². The van der Waals surface area contributed by atoms with Gasteiger partial charge in [-0.3, -0.25) is 9.69 Å². The van der Waals surface area contributed by atoms with Crippen LogP contribution < -0.4 is 0 Å². The molecule has 0 unspecified atom stereocenters. The highest BCUT2D eigenvalue weighted by Crippen LogP contribution is 2.26. The number of amides is 1. The maximum atomic E-state index is 11.3. The van der Waals surface area contributed by atoms with Crippen molar-refractivity contribution in [2.75, 3.05) is 32.6 Å². The van der Waals surface area contributed by atoms with Crippen LogP contribution in [0.1, 0.15) is 6.42 Å². The Kier molecular flexibility index (Phi) is 4.92. The van der Waals surface area contributed by atoms with Gasteiger partial charge in [-0.05, 0) is 24.3 Å². The van der Waals surface area contributed by atoms with Gasteiger partial charge in [0, 0.05) is 18.5 Å². The number of thioether (sulfide) groups is 1. The van der Waals surface area contributed by atoms with Crippen LogP contribution in [0.2, 0.25) is 5.02 Å². The molecule has 0 saturated carbocycles. The molecule has 98 valence electrons. The van der Waals surface area contributed by atoms with Crippen molar-refractivity contribution in [3.8, 4) is 0 Å². The van der Waals surface area contributed by atoms with E-state index in [1.807, 2.05) is 31.3 Å². The number of carbonyl (C=O) groups is 1. The summed E-state index contributed by atoms with van der Waals surface area (Å²) >= 11 is 7.86. The maximum absolute atomic E-state index is 11.3. The summed E-state index contributed by atoms with van der Waals surface area (Å²) in [5.74, 6) is 1.24. The van der Waals surface area contributed by atoms with E-state index in [-0.39, 0.29) is 5.91 Å². The van der Waals surface area contributed by atoms with Gasteiger partial charge in [0.25, 0.3) is 0 Å². The summed E-state index contributed by atoms with van der Waals surface area (Å²) in [6.45, 7) is 2.29. The highest BCUT2D eigenvalue weighted by atomic mass is 35.5. The maximum Gasteiger partial charge on any atom is 0.237 e. The zero-order valence-corrected chi connectivity index (χ0v) is 12.0. The zero-order valence-electron chi connectivity index (χ0n) is 10.4. The van der Waals surface area contributed by atoms with Crippen molar-refractivity contribution in [2.24, 2.45) is 0 Å². The van der Waals surface area contributed by atoms with Crippen molar-refractivity contribution in [1.82, 2.24) is 9.80 Å². The minimum atomic E-state index is 0.216. The molecule has 1 saturated heterocycles. The van der Waals surface area contributed by atoms with E-state index in [2.05, 4.69) is 4.90 Å². The second-order valence-electron chi connectivity index (χ2n) is 4.42. The van der Waals surface area contributed by atoms with Gasteiger partial charge in [0.15, 0.2) is 0 Å². The number of nitrogens with zero attached hydrogens (tertiary/aromatic N) is 2. The van der Waals surface area contributed by atoms with E-state index >= 15 is 0 Å². The van der Waals surface area contributed by atoms with Gasteiger partial charge < -0.3 is 4.90 Å². The molecule has 3 nitrogen and oxygen atoms in total. The number of hydrogen-bond acceptors (Lipinski definition) is 3. The lowest BCUT2D eigenvalue weighted by Gasteiger charge is -2.14. The van der Waals surface area contributed by atoms with Gasteiger partial charge in [-0.15, -0.1) is 11.8 Å². The van der Waals surface area contributed by atoms with Crippen LogP contribution in [-0.2, 0) is 4.79 Å². The summed E-state index contributed by atoms with van der Waals surface area (Å²) in [5.41, 5.74) is 0.